The molecule has 1 heterocycles. The van der Waals surface area contributed by atoms with E-state index in [2.05, 4.69) is 15.9 Å². The minimum absolute atomic E-state index is 0.0281. The molecule has 10 nitrogen and oxygen atoms in total. The van der Waals surface area contributed by atoms with Crippen molar-refractivity contribution >= 4 is 62.6 Å². The topological polar surface area (TPSA) is 159 Å². The van der Waals surface area contributed by atoms with Crippen LogP contribution in [0.4, 0.5) is 5.69 Å². The number of allylic oxidation sites excluding steroid dienone is 6. The van der Waals surface area contributed by atoms with Crippen molar-refractivity contribution < 1.29 is 44.0 Å². The monoisotopic (exact) mass is 653 g/mol. The van der Waals surface area contributed by atoms with E-state index in [-0.39, 0.29) is 56.2 Å². The Balaban J connectivity index is 1.48. The second-order valence-corrected chi connectivity index (χ2v) is 11.7. The first kappa shape index (κ1) is 27.9. The molecule has 2 aromatic rings. The Bertz CT molecular complexity index is 1760. The molecule has 2 aromatic carbocycles. The number of carboxylic acid groups (broad SMARTS) is 1. The number of phenols is 2. The normalized spacial score (nSPS) is 25.1. The molecular weight excluding hydrogens is 634 g/mol. The number of Topliss-reactive ketones (excluding diaryl/α,β-unsaturated/α-hetero) is 1. The van der Waals surface area contributed by atoms with Crippen LogP contribution in [-0.4, -0.2) is 51.8 Å². The number of carbonyl (C=O) groups is 5. The van der Waals surface area contributed by atoms with E-state index in [1.165, 1.54) is 31.4 Å². The van der Waals surface area contributed by atoms with Crippen molar-refractivity contribution in [3.8, 4) is 17.2 Å². The van der Waals surface area contributed by atoms with Crippen LogP contribution in [0.2, 0.25) is 5.02 Å². The van der Waals surface area contributed by atoms with Gasteiger partial charge >= 0.3 is 5.97 Å². The van der Waals surface area contributed by atoms with Gasteiger partial charge in [0.1, 0.15) is 11.3 Å². The van der Waals surface area contributed by atoms with Crippen LogP contribution in [0.15, 0.2) is 63.7 Å². The summed E-state index contributed by atoms with van der Waals surface area (Å²) in [7, 11) is 1.35. The predicted octanol–water partition coefficient (Wildman–Crippen LogP) is 4.42. The summed E-state index contributed by atoms with van der Waals surface area (Å²) in [5.74, 6) is -7.18. The predicted molar refractivity (Wildman–Crippen MR) is 152 cm³/mol. The number of hydrogen-bond acceptors (Lipinski definition) is 8. The summed E-state index contributed by atoms with van der Waals surface area (Å²) in [6.45, 7) is 0. The van der Waals surface area contributed by atoms with Crippen LogP contribution in [0.3, 0.4) is 0 Å². The maximum Gasteiger partial charge on any atom is 0.339 e. The lowest BCUT2D eigenvalue weighted by Gasteiger charge is -2.42. The maximum atomic E-state index is 14.0. The van der Waals surface area contributed by atoms with Crippen molar-refractivity contribution in [3.63, 3.8) is 0 Å². The number of hydrogen-bond donors (Lipinski definition) is 3. The summed E-state index contributed by atoms with van der Waals surface area (Å²) in [4.78, 5) is 66.6. The number of phenolic OH excluding ortho intramolecular Hbond substituents is 1. The van der Waals surface area contributed by atoms with Gasteiger partial charge in [-0.2, -0.15) is 0 Å². The molecular formula is C30H21BrClNO9. The number of carbonyl (C=O) groups excluding carboxylic acids is 4. The summed E-state index contributed by atoms with van der Waals surface area (Å²) in [6, 6.07) is 6.47. The number of ether oxygens (including phenoxy) is 1. The Morgan fingerprint density at radius 2 is 1.81 bits per heavy atom. The molecule has 0 aromatic heterocycles. The molecule has 4 aliphatic rings. The number of aromatic carboxylic acids is 1. The number of anilines is 1. The number of methoxy groups -OCH3 is 1. The zero-order chi connectivity index (χ0) is 30.2. The maximum absolute atomic E-state index is 14.0. The lowest BCUT2D eigenvalue weighted by atomic mass is 9.59. The minimum atomic E-state index is -1.36. The van der Waals surface area contributed by atoms with Gasteiger partial charge in [0.05, 0.1) is 34.1 Å². The summed E-state index contributed by atoms with van der Waals surface area (Å²) in [6.07, 6.45) is 3.23. The second-order valence-electron chi connectivity index (χ2n) is 10.5. The number of benzene rings is 2. The van der Waals surface area contributed by atoms with E-state index in [4.69, 9.17) is 16.3 Å². The molecule has 4 unspecified atom stereocenters. The first-order valence-electron chi connectivity index (χ1n) is 12.8. The van der Waals surface area contributed by atoms with Crippen molar-refractivity contribution in [2.45, 2.75) is 18.8 Å². The van der Waals surface area contributed by atoms with E-state index in [1.807, 2.05) is 6.08 Å². The fourth-order valence-corrected chi connectivity index (χ4v) is 7.26. The molecule has 0 saturated carbocycles. The van der Waals surface area contributed by atoms with Crippen LogP contribution in [0.5, 0.6) is 17.2 Å². The number of carboxylic acids is 1. The first-order chi connectivity index (χ1) is 19.9. The summed E-state index contributed by atoms with van der Waals surface area (Å²) >= 11 is 9.50. The fraction of sp³-hybridized carbons (Fsp3) is 0.233. The van der Waals surface area contributed by atoms with Gasteiger partial charge in [0.25, 0.3) is 0 Å². The minimum Gasteiger partial charge on any atom is -0.507 e. The quantitative estimate of drug-likeness (QED) is 0.246. The molecule has 1 saturated heterocycles. The lowest BCUT2D eigenvalue weighted by molar-refractivity contribution is -0.123. The van der Waals surface area contributed by atoms with Crippen molar-refractivity contribution in [2.75, 3.05) is 12.0 Å². The Morgan fingerprint density at radius 1 is 1.07 bits per heavy atom. The van der Waals surface area contributed by atoms with Crippen LogP contribution in [0, 0.1) is 17.8 Å². The molecule has 12 heteroatoms. The first-order valence-corrected chi connectivity index (χ1v) is 14.0. The van der Waals surface area contributed by atoms with Gasteiger partial charge in [-0.1, -0.05) is 23.3 Å². The number of halogens is 2. The lowest BCUT2D eigenvalue weighted by Crippen LogP contribution is -2.39. The van der Waals surface area contributed by atoms with Crippen molar-refractivity contribution in [1.82, 2.24) is 0 Å². The van der Waals surface area contributed by atoms with Crippen LogP contribution in [-0.2, 0) is 19.2 Å². The zero-order valence-electron chi connectivity index (χ0n) is 21.8. The van der Waals surface area contributed by atoms with E-state index >= 15 is 0 Å². The Kier molecular flexibility index (Phi) is 6.62. The number of imide groups is 1. The van der Waals surface area contributed by atoms with Gasteiger partial charge in [-0.3, -0.25) is 19.2 Å². The highest BCUT2D eigenvalue weighted by Gasteiger charge is 2.56. The number of amides is 2. The van der Waals surface area contributed by atoms with E-state index in [0.717, 1.165) is 17.0 Å². The Morgan fingerprint density at radius 3 is 2.48 bits per heavy atom. The Hall–Kier alpha value is -4.22. The number of ketones is 2. The van der Waals surface area contributed by atoms with Gasteiger partial charge < -0.3 is 20.1 Å². The molecule has 3 N–H and O–H groups in total. The van der Waals surface area contributed by atoms with E-state index in [9.17, 15) is 39.3 Å². The third-order valence-electron chi connectivity index (χ3n) is 8.41. The molecule has 2 amide bonds. The molecule has 6 rings (SSSR count). The van der Waals surface area contributed by atoms with Crippen LogP contribution < -0.4 is 9.64 Å². The highest BCUT2D eigenvalue weighted by Crippen LogP contribution is 2.56. The SMILES string of the molecule is COc1cc(C2C3=CCC4C(=O)N(c5ccc(C(=O)O)c(O)c5)C(=O)C4C3CC3=C2C(=O)C=C(Br)C3=O)cc(Cl)c1O. The number of rotatable bonds is 4. The average Bonchev–Trinajstić information content (AvgIpc) is 3.21. The van der Waals surface area contributed by atoms with E-state index in [1.54, 1.807) is 0 Å². The molecule has 1 aliphatic heterocycles. The summed E-state index contributed by atoms with van der Waals surface area (Å²) < 4.78 is 5.37. The molecule has 0 bridgehead atoms. The highest BCUT2D eigenvalue weighted by molar-refractivity contribution is 9.12. The zero-order valence-corrected chi connectivity index (χ0v) is 24.1. The van der Waals surface area contributed by atoms with Gasteiger partial charge in [-0.25, -0.2) is 9.69 Å². The fourth-order valence-electron chi connectivity index (χ4n) is 6.60. The Labute approximate surface area is 251 Å². The third kappa shape index (κ3) is 4.02. The molecule has 214 valence electrons. The molecule has 0 radical (unpaired) electrons. The molecule has 3 aliphatic carbocycles. The summed E-state index contributed by atoms with van der Waals surface area (Å²) in [5, 5.41) is 29.8. The largest absolute Gasteiger partial charge is 0.507 e. The third-order valence-corrected chi connectivity index (χ3v) is 9.28. The number of nitrogens with zero attached hydrogens (tertiary/aromatic N) is 1. The highest BCUT2D eigenvalue weighted by atomic mass is 79.9. The molecule has 4 atom stereocenters. The molecule has 1 fully saturated rings. The van der Waals surface area contributed by atoms with Gasteiger partial charge in [0.15, 0.2) is 23.1 Å². The van der Waals surface area contributed by atoms with Crippen LogP contribution in [0.1, 0.15) is 34.7 Å². The molecule has 42 heavy (non-hydrogen) atoms. The van der Waals surface area contributed by atoms with Gasteiger partial charge in [-0.15, -0.1) is 0 Å². The van der Waals surface area contributed by atoms with E-state index < -0.39 is 58.8 Å². The van der Waals surface area contributed by atoms with Crippen molar-refractivity contribution in [2.24, 2.45) is 17.8 Å². The van der Waals surface area contributed by atoms with Crippen LogP contribution in [0.25, 0.3) is 0 Å². The average molecular weight is 655 g/mol. The van der Waals surface area contributed by atoms with E-state index in [0.29, 0.717) is 11.1 Å². The van der Waals surface area contributed by atoms with Gasteiger partial charge in [0, 0.05) is 29.2 Å². The standard InChI is InChI=1S/C30H21BrClNO9/c1-42-22-7-11(6-19(32)27(22)37)23-13-4-5-15-24(16(13)9-17-25(23)21(35)10-18(31)26(17)36)29(39)33(28(15)38)12-2-3-14(30(40)41)20(34)8-12/h2-4,6-8,10,15-16,23-24,34,37H,5,9H2,1H3,(H,40,41). The van der Waals surface area contributed by atoms with Crippen LogP contribution >= 0.6 is 27.5 Å². The molecule has 0 spiro atoms. The number of aromatic hydroxyl groups is 2. The van der Waals surface area contributed by atoms with Crippen molar-refractivity contribution in [1.29, 1.82) is 0 Å². The number of fused-ring (bicyclic) bond motifs is 3. The van der Waals surface area contributed by atoms with Crippen molar-refractivity contribution in [3.05, 3.63) is 79.8 Å². The van der Waals surface area contributed by atoms with Gasteiger partial charge in [-0.05, 0) is 64.5 Å². The van der Waals surface area contributed by atoms with Gasteiger partial charge in [0.2, 0.25) is 11.8 Å². The second kappa shape index (κ2) is 9.95. The summed E-state index contributed by atoms with van der Waals surface area (Å²) in [5.41, 5.74) is 1.23. The smallest absolute Gasteiger partial charge is 0.339 e.